The average molecular weight is 413 g/mol. The molecule has 8 heteroatoms. The first-order chi connectivity index (χ1) is 13.6. The van der Waals surface area contributed by atoms with Crippen LogP contribution in [0.25, 0.3) is 0 Å². The number of sulfonamides is 1. The number of hydrogen-bond acceptors (Lipinski definition) is 4. The third-order valence-corrected chi connectivity index (χ3v) is 6.61. The maximum Gasteiger partial charge on any atom is 0.265 e. The Morgan fingerprint density at radius 2 is 1.62 bits per heavy atom. The van der Waals surface area contributed by atoms with Gasteiger partial charge in [0.15, 0.2) is 5.82 Å². The molecule has 7 nitrogen and oxygen atoms in total. The van der Waals surface area contributed by atoms with Crippen LogP contribution >= 0.6 is 0 Å². The van der Waals surface area contributed by atoms with Crippen LogP contribution in [0.2, 0.25) is 0 Å². The van der Waals surface area contributed by atoms with E-state index in [1.807, 2.05) is 39.0 Å². The van der Waals surface area contributed by atoms with Gasteiger partial charge in [0.1, 0.15) is 5.56 Å². The van der Waals surface area contributed by atoms with Crippen LogP contribution in [0, 0.1) is 20.8 Å². The number of hydrogen-bond donors (Lipinski definition) is 1. The maximum absolute atomic E-state index is 13.1. The number of anilines is 2. The summed E-state index contributed by atoms with van der Waals surface area (Å²) in [6.45, 7) is 5.69. The summed E-state index contributed by atoms with van der Waals surface area (Å²) < 4.78 is 28.6. The largest absolute Gasteiger partial charge is 0.321 e. The van der Waals surface area contributed by atoms with E-state index in [0.29, 0.717) is 5.69 Å². The van der Waals surface area contributed by atoms with E-state index in [4.69, 9.17) is 0 Å². The van der Waals surface area contributed by atoms with E-state index in [1.54, 1.807) is 31.3 Å². The summed E-state index contributed by atoms with van der Waals surface area (Å²) >= 11 is 0. The minimum Gasteiger partial charge on any atom is -0.321 e. The smallest absolute Gasteiger partial charge is 0.265 e. The lowest BCUT2D eigenvalue weighted by atomic mass is 10.1. The number of aromatic nitrogens is 2. The molecule has 0 atom stereocenters. The van der Waals surface area contributed by atoms with E-state index in [1.165, 1.54) is 17.9 Å². The van der Waals surface area contributed by atoms with Crippen molar-refractivity contribution in [3.8, 4) is 0 Å². The van der Waals surface area contributed by atoms with Gasteiger partial charge in [-0.25, -0.2) is 8.42 Å². The van der Waals surface area contributed by atoms with Gasteiger partial charge < -0.3 is 5.32 Å². The Bertz CT molecular complexity index is 1140. The van der Waals surface area contributed by atoms with Gasteiger partial charge in [0.2, 0.25) is 0 Å². The third-order valence-electron chi connectivity index (χ3n) is 4.85. The molecule has 0 aliphatic heterocycles. The molecule has 3 rings (SSSR count). The van der Waals surface area contributed by atoms with Crippen LogP contribution in [0.3, 0.4) is 0 Å². The Hall–Kier alpha value is -3.13. The number of aryl methyl sites for hydroxylation is 4. The summed E-state index contributed by atoms with van der Waals surface area (Å²) in [5.74, 6) is -0.231. The highest BCUT2D eigenvalue weighted by Crippen LogP contribution is 2.27. The summed E-state index contributed by atoms with van der Waals surface area (Å²) in [7, 11) is -0.832. The number of amides is 1. The topological polar surface area (TPSA) is 84.3 Å². The van der Waals surface area contributed by atoms with E-state index in [0.717, 1.165) is 21.0 Å². The summed E-state index contributed by atoms with van der Waals surface area (Å²) in [6, 6.07) is 12.3. The van der Waals surface area contributed by atoms with Crippen molar-refractivity contribution in [2.75, 3.05) is 16.7 Å². The third kappa shape index (κ3) is 3.88. The molecule has 0 saturated carbocycles. The lowest BCUT2D eigenvalue weighted by molar-refractivity contribution is 0.102. The molecule has 1 amide bonds. The normalized spacial score (nSPS) is 11.3. The summed E-state index contributed by atoms with van der Waals surface area (Å²) in [4.78, 5) is 13.1. The Kier molecular flexibility index (Phi) is 5.48. The van der Waals surface area contributed by atoms with Crippen molar-refractivity contribution in [1.29, 1.82) is 0 Å². The van der Waals surface area contributed by atoms with Gasteiger partial charge in [-0.15, -0.1) is 0 Å². The monoisotopic (exact) mass is 412 g/mol. The van der Waals surface area contributed by atoms with Crippen molar-refractivity contribution in [3.05, 3.63) is 70.9 Å². The van der Waals surface area contributed by atoms with Crippen molar-refractivity contribution in [3.63, 3.8) is 0 Å². The minimum atomic E-state index is -3.85. The lowest BCUT2D eigenvalue weighted by Gasteiger charge is -2.21. The first kappa shape index (κ1) is 20.6. The number of carbonyl (C=O) groups is 1. The molecule has 29 heavy (non-hydrogen) atoms. The van der Waals surface area contributed by atoms with Gasteiger partial charge in [0.25, 0.3) is 15.9 Å². The summed E-state index contributed by atoms with van der Waals surface area (Å²) in [5.41, 5.74) is 3.68. The van der Waals surface area contributed by atoms with E-state index < -0.39 is 15.9 Å². The Morgan fingerprint density at radius 1 is 1.03 bits per heavy atom. The first-order valence-electron chi connectivity index (χ1n) is 9.08. The van der Waals surface area contributed by atoms with Crippen LogP contribution in [0.5, 0.6) is 0 Å². The van der Waals surface area contributed by atoms with E-state index in [9.17, 15) is 13.2 Å². The van der Waals surface area contributed by atoms with Gasteiger partial charge >= 0.3 is 0 Å². The molecule has 0 unspecified atom stereocenters. The fraction of sp³-hybridized carbons (Fsp3) is 0.238. The Labute approximate surface area is 171 Å². The maximum atomic E-state index is 13.1. The minimum absolute atomic E-state index is 0.146. The van der Waals surface area contributed by atoms with Gasteiger partial charge in [0.05, 0.1) is 11.1 Å². The summed E-state index contributed by atoms with van der Waals surface area (Å²) in [5, 5.41) is 7.00. The number of nitrogens with one attached hydrogen (secondary N) is 1. The zero-order chi connectivity index (χ0) is 21.3. The van der Waals surface area contributed by atoms with Crippen LogP contribution in [-0.2, 0) is 17.1 Å². The highest BCUT2D eigenvalue weighted by Gasteiger charge is 2.28. The van der Waals surface area contributed by atoms with Crippen LogP contribution in [0.4, 0.5) is 11.5 Å². The lowest BCUT2D eigenvalue weighted by Crippen LogP contribution is -2.30. The molecule has 0 radical (unpaired) electrons. The SMILES string of the molecule is Cc1ccc(S(=O)(=O)N(C)c2c(C(=O)Nc3c(C)cccc3C)cnn2C)cc1. The number of benzene rings is 2. The van der Waals surface area contributed by atoms with Gasteiger partial charge in [0, 0.05) is 19.8 Å². The standard InChI is InChI=1S/C21H24N4O3S/c1-14-9-11-17(12-10-14)29(27,28)25(5)21-18(13-22-24(21)4)20(26)23-19-15(2)7-6-8-16(19)3/h6-13H,1-5H3,(H,23,26). The highest BCUT2D eigenvalue weighted by atomic mass is 32.2. The molecule has 0 spiro atoms. The summed E-state index contributed by atoms with van der Waals surface area (Å²) in [6.07, 6.45) is 1.37. The fourth-order valence-electron chi connectivity index (χ4n) is 3.14. The number of carbonyl (C=O) groups excluding carboxylic acids is 1. The molecule has 1 aromatic heterocycles. The number of rotatable bonds is 5. The van der Waals surface area contributed by atoms with E-state index in [-0.39, 0.29) is 16.3 Å². The Balaban J connectivity index is 1.99. The zero-order valence-corrected chi connectivity index (χ0v) is 17.9. The molecule has 0 saturated heterocycles. The molecule has 0 fully saturated rings. The first-order valence-corrected chi connectivity index (χ1v) is 10.5. The van der Waals surface area contributed by atoms with Crippen molar-refractivity contribution >= 4 is 27.4 Å². The predicted molar refractivity (Wildman–Crippen MR) is 114 cm³/mol. The number of para-hydroxylation sites is 1. The molecular weight excluding hydrogens is 388 g/mol. The molecule has 3 aromatic rings. The predicted octanol–water partition coefficient (Wildman–Crippen LogP) is 3.42. The van der Waals surface area contributed by atoms with Crippen LogP contribution in [0.1, 0.15) is 27.0 Å². The van der Waals surface area contributed by atoms with Gasteiger partial charge in [-0.3, -0.25) is 13.8 Å². The number of nitrogens with zero attached hydrogens (tertiary/aromatic N) is 3. The zero-order valence-electron chi connectivity index (χ0n) is 17.1. The molecular formula is C21H24N4O3S. The fourth-order valence-corrected chi connectivity index (χ4v) is 4.38. The van der Waals surface area contributed by atoms with Crippen molar-refractivity contribution in [2.24, 2.45) is 7.05 Å². The molecule has 2 aromatic carbocycles. The van der Waals surface area contributed by atoms with E-state index in [2.05, 4.69) is 10.4 Å². The second-order valence-electron chi connectivity index (χ2n) is 7.01. The average Bonchev–Trinajstić information content (AvgIpc) is 3.06. The quantitative estimate of drug-likeness (QED) is 0.696. The van der Waals surface area contributed by atoms with Crippen molar-refractivity contribution in [1.82, 2.24) is 9.78 Å². The highest BCUT2D eigenvalue weighted by molar-refractivity contribution is 7.92. The molecule has 1 N–H and O–H groups in total. The van der Waals surface area contributed by atoms with E-state index >= 15 is 0 Å². The molecule has 0 bridgehead atoms. The molecule has 1 heterocycles. The van der Waals surface area contributed by atoms with Crippen molar-refractivity contribution < 1.29 is 13.2 Å². The van der Waals surface area contributed by atoms with Crippen LogP contribution < -0.4 is 9.62 Å². The van der Waals surface area contributed by atoms with Crippen molar-refractivity contribution in [2.45, 2.75) is 25.7 Å². The second-order valence-corrected chi connectivity index (χ2v) is 8.98. The molecule has 0 aliphatic carbocycles. The van der Waals surface area contributed by atoms with Crippen LogP contribution in [0.15, 0.2) is 53.6 Å². The Morgan fingerprint density at radius 3 is 2.21 bits per heavy atom. The van der Waals surface area contributed by atoms with Gasteiger partial charge in [-0.2, -0.15) is 5.10 Å². The van der Waals surface area contributed by atoms with Gasteiger partial charge in [-0.05, 0) is 44.0 Å². The van der Waals surface area contributed by atoms with Crippen LogP contribution in [-0.4, -0.2) is 31.2 Å². The molecule has 0 aliphatic rings. The van der Waals surface area contributed by atoms with Gasteiger partial charge in [-0.1, -0.05) is 35.9 Å². The molecule has 152 valence electrons. The second kappa shape index (κ2) is 7.71.